The molecule has 0 bridgehead atoms. The number of nitrogens with zero attached hydrogens (tertiary/aromatic N) is 2. The molecule has 1 heterocycles. The van der Waals surface area contributed by atoms with Crippen molar-refractivity contribution in [1.29, 1.82) is 0 Å². The molecule has 1 aliphatic rings. The van der Waals surface area contributed by atoms with Crippen LogP contribution in [0.5, 0.6) is 0 Å². The third-order valence-electron chi connectivity index (χ3n) is 4.36. The van der Waals surface area contributed by atoms with Crippen molar-refractivity contribution in [1.82, 2.24) is 4.90 Å². The van der Waals surface area contributed by atoms with E-state index in [4.69, 9.17) is 10.6 Å². The Labute approximate surface area is 138 Å². The third kappa shape index (κ3) is 5.27. The molecule has 1 amide bonds. The Morgan fingerprint density at radius 2 is 1.91 bits per heavy atom. The summed E-state index contributed by atoms with van der Waals surface area (Å²) in [5.41, 5.74) is 7.05. The average molecular weight is 317 g/mol. The van der Waals surface area contributed by atoms with E-state index in [2.05, 4.69) is 31.1 Å². The molecule has 0 spiro atoms. The van der Waals surface area contributed by atoms with Gasteiger partial charge in [-0.3, -0.25) is 4.79 Å². The van der Waals surface area contributed by atoms with Gasteiger partial charge >= 0.3 is 0 Å². The van der Waals surface area contributed by atoms with E-state index in [-0.39, 0.29) is 24.6 Å². The van der Waals surface area contributed by atoms with E-state index in [1.165, 1.54) is 12.0 Å². The van der Waals surface area contributed by atoms with Crippen molar-refractivity contribution >= 4 is 11.7 Å². The first kappa shape index (κ1) is 17.3. The van der Waals surface area contributed by atoms with Gasteiger partial charge in [0.25, 0.3) is 5.91 Å². The Bertz CT molecular complexity index is 520. The van der Waals surface area contributed by atoms with Gasteiger partial charge in [0.05, 0.1) is 0 Å². The van der Waals surface area contributed by atoms with Crippen molar-refractivity contribution in [2.24, 2.45) is 10.9 Å². The van der Waals surface area contributed by atoms with Crippen LogP contribution in [0.2, 0.25) is 0 Å². The van der Waals surface area contributed by atoms with Gasteiger partial charge in [0.2, 0.25) is 0 Å². The topological polar surface area (TPSA) is 67.9 Å². The maximum atomic E-state index is 12.3. The number of rotatable bonds is 6. The van der Waals surface area contributed by atoms with Crippen molar-refractivity contribution in [2.75, 3.05) is 6.61 Å². The van der Waals surface area contributed by atoms with E-state index in [1.54, 1.807) is 0 Å². The second-order valence-corrected chi connectivity index (χ2v) is 6.27. The van der Waals surface area contributed by atoms with E-state index in [0.717, 1.165) is 19.3 Å². The standard InChI is InChI=1S/C18H27N3O2/c1-14-7-6-8-15(2)21(14)18(22)13-23-20-17(19)12-11-16-9-4-3-5-10-16/h3-5,9-10,14-15H,6-8,11-13H2,1-2H3,(H2,19,20). The van der Waals surface area contributed by atoms with E-state index < -0.39 is 0 Å². The fraction of sp³-hybridized carbons (Fsp3) is 0.556. The fourth-order valence-corrected chi connectivity index (χ4v) is 3.12. The first-order valence-corrected chi connectivity index (χ1v) is 8.37. The number of oxime groups is 1. The third-order valence-corrected chi connectivity index (χ3v) is 4.36. The number of carbonyl (C=O) groups excluding carboxylic acids is 1. The molecule has 1 fully saturated rings. The van der Waals surface area contributed by atoms with E-state index in [0.29, 0.717) is 12.3 Å². The van der Waals surface area contributed by atoms with Gasteiger partial charge in [-0.1, -0.05) is 35.5 Å². The van der Waals surface area contributed by atoms with Gasteiger partial charge in [-0.2, -0.15) is 0 Å². The van der Waals surface area contributed by atoms with Gasteiger partial charge in [0.1, 0.15) is 5.84 Å². The molecule has 1 aliphatic heterocycles. The molecular formula is C18H27N3O2. The molecule has 5 heteroatoms. The van der Waals surface area contributed by atoms with Crippen LogP contribution in [0.25, 0.3) is 0 Å². The summed E-state index contributed by atoms with van der Waals surface area (Å²) in [6, 6.07) is 10.6. The highest BCUT2D eigenvalue weighted by Crippen LogP contribution is 2.22. The van der Waals surface area contributed by atoms with Gasteiger partial charge in [0, 0.05) is 18.5 Å². The lowest BCUT2D eigenvalue weighted by Gasteiger charge is -2.38. The number of amidine groups is 1. The normalized spacial score (nSPS) is 22.0. The van der Waals surface area contributed by atoms with Crippen LogP contribution in [-0.4, -0.2) is 35.3 Å². The SMILES string of the molecule is CC1CCCC(C)N1C(=O)CO/N=C(\N)CCc1ccccc1. The zero-order chi connectivity index (χ0) is 16.7. The zero-order valence-corrected chi connectivity index (χ0v) is 14.1. The van der Waals surface area contributed by atoms with Gasteiger partial charge in [-0.05, 0) is 45.1 Å². The molecule has 1 aromatic carbocycles. The van der Waals surface area contributed by atoms with Gasteiger partial charge < -0.3 is 15.5 Å². The van der Waals surface area contributed by atoms with Gasteiger partial charge in [0.15, 0.2) is 6.61 Å². The molecule has 5 nitrogen and oxygen atoms in total. The quantitative estimate of drug-likeness (QED) is 0.498. The minimum Gasteiger partial charge on any atom is -0.384 e. The summed E-state index contributed by atoms with van der Waals surface area (Å²) in [5, 5.41) is 3.87. The minimum absolute atomic E-state index is 0.00990. The summed E-state index contributed by atoms with van der Waals surface area (Å²) in [6.45, 7) is 4.14. The summed E-state index contributed by atoms with van der Waals surface area (Å²) in [6.07, 6.45) is 4.72. The summed E-state index contributed by atoms with van der Waals surface area (Å²) < 4.78 is 0. The Morgan fingerprint density at radius 1 is 1.26 bits per heavy atom. The van der Waals surface area contributed by atoms with Crippen LogP contribution in [0.3, 0.4) is 0 Å². The first-order chi connectivity index (χ1) is 11.1. The Balaban J connectivity index is 1.75. The molecule has 1 saturated heterocycles. The van der Waals surface area contributed by atoms with Crippen LogP contribution in [0, 0.1) is 0 Å². The summed E-state index contributed by atoms with van der Waals surface area (Å²) in [7, 11) is 0. The van der Waals surface area contributed by atoms with E-state index in [9.17, 15) is 4.79 Å². The predicted molar refractivity (Wildman–Crippen MR) is 92.0 cm³/mol. The Kier molecular flexibility index (Phi) is 6.44. The highest BCUT2D eigenvalue weighted by Gasteiger charge is 2.28. The van der Waals surface area contributed by atoms with Crippen molar-refractivity contribution in [3.8, 4) is 0 Å². The Morgan fingerprint density at radius 3 is 2.57 bits per heavy atom. The maximum absolute atomic E-state index is 12.3. The number of piperidine rings is 1. The minimum atomic E-state index is -0.0410. The molecule has 2 N–H and O–H groups in total. The summed E-state index contributed by atoms with van der Waals surface area (Å²) >= 11 is 0. The summed E-state index contributed by atoms with van der Waals surface area (Å²) in [5.74, 6) is 0.408. The van der Waals surface area contributed by atoms with Crippen LogP contribution in [0.4, 0.5) is 0 Å². The number of amides is 1. The zero-order valence-electron chi connectivity index (χ0n) is 14.1. The van der Waals surface area contributed by atoms with Crippen LogP contribution >= 0.6 is 0 Å². The van der Waals surface area contributed by atoms with Crippen molar-refractivity contribution < 1.29 is 9.63 Å². The molecule has 0 radical (unpaired) electrons. The van der Waals surface area contributed by atoms with Gasteiger partial charge in [-0.25, -0.2) is 0 Å². The number of benzene rings is 1. The molecule has 23 heavy (non-hydrogen) atoms. The number of hydrogen-bond acceptors (Lipinski definition) is 3. The summed E-state index contributed by atoms with van der Waals surface area (Å²) in [4.78, 5) is 19.4. The molecule has 126 valence electrons. The highest BCUT2D eigenvalue weighted by molar-refractivity contribution is 5.80. The van der Waals surface area contributed by atoms with Gasteiger partial charge in [-0.15, -0.1) is 0 Å². The second kappa shape index (κ2) is 8.56. The number of hydrogen-bond donors (Lipinski definition) is 1. The fourth-order valence-electron chi connectivity index (χ4n) is 3.12. The van der Waals surface area contributed by atoms with Crippen LogP contribution < -0.4 is 5.73 Å². The molecule has 0 saturated carbocycles. The molecule has 1 aromatic rings. The van der Waals surface area contributed by atoms with Crippen molar-refractivity contribution in [3.63, 3.8) is 0 Å². The lowest BCUT2D eigenvalue weighted by molar-refractivity contribution is -0.142. The molecule has 2 rings (SSSR count). The smallest absolute Gasteiger partial charge is 0.263 e. The molecule has 0 aromatic heterocycles. The largest absolute Gasteiger partial charge is 0.384 e. The average Bonchev–Trinajstić information content (AvgIpc) is 2.54. The van der Waals surface area contributed by atoms with E-state index >= 15 is 0 Å². The predicted octanol–water partition coefficient (Wildman–Crippen LogP) is 2.70. The van der Waals surface area contributed by atoms with Crippen LogP contribution in [0.15, 0.2) is 35.5 Å². The van der Waals surface area contributed by atoms with Crippen molar-refractivity contribution in [3.05, 3.63) is 35.9 Å². The number of likely N-dealkylation sites (tertiary alicyclic amines) is 1. The molecule has 2 unspecified atom stereocenters. The number of nitrogens with two attached hydrogens (primary N) is 1. The van der Waals surface area contributed by atoms with Crippen molar-refractivity contribution in [2.45, 2.75) is 58.0 Å². The van der Waals surface area contributed by atoms with Crippen LogP contribution in [-0.2, 0) is 16.1 Å². The molecule has 0 aliphatic carbocycles. The maximum Gasteiger partial charge on any atom is 0.263 e. The monoisotopic (exact) mass is 317 g/mol. The molecular weight excluding hydrogens is 290 g/mol. The number of aryl methyl sites for hydroxylation is 1. The number of carbonyl (C=O) groups is 1. The first-order valence-electron chi connectivity index (χ1n) is 8.37. The highest BCUT2D eigenvalue weighted by atomic mass is 16.6. The lowest BCUT2D eigenvalue weighted by Crippen LogP contribution is -2.48. The second-order valence-electron chi connectivity index (χ2n) is 6.27. The van der Waals surface area contributed by atoms with E-state index in [1.807, 2.05) is 23.1 Å². The lowest BCUT2D eigenvalue weighted by atomic mass is 9.97. The molecule has 2 atom stereocenters. The van der Waals surface area contributed by atoms with Crippen LogP contribution in [0.1, 0.15) is 45.1 Å². The Hall–Kier alpha value is -2.04.